The van der Waals surface area contributed by atoms with Crippen LogP contribution in [0.4, 0.5) is 5.69 Å². The van der Waals surface area contributed by atoms with Crippen LogP contribution in [0.2, 0.25) is 0 Å². The number of nitrogens with zero attached hydrogens (tertiary/aromatic N) is 1. The largest absolute Gasteiger partial charge is 0.506 e. The van der Waals surface area contributed by atoms with E-state index in [1.807, 2.05) is 6.07 Å². The van der Waals surface area contributed by atoms with Crippen molar-refractivity contribution < 1.29 is 9.90 Å². The van der Waals surface area contributed by atoms with Gasteiger partial charge in [-0.1, -0.05) is 0 Å². The second-order valence-electron chi connectivity index (χ2n) is 3.35. The number of hydrogen-bond donors (Lipinski definition) is 1. The third kappa shape index (κ3) is 1.30. The summed E-state index contributed by atoms with van der Waals surface area (Å²) < 4.78 is 0.680. The molecular formula is C10H10BrNO2. The Bertz CT molecular complexity index is 403. The van der Waals surface area contributed by atoms with Gasteiger partial charge in [0.2, 0.25) is 5.91 Å². The molecule has 3 nitrogen and oxygen atoms in total. The number of carbonyl (C=O) groups is 1. The highest BCUT2D eigenvalue weighted by Gasteiger charge is 2.23. The molecule has 1 aliphatic rings. The number of aromatic hydroxyl groups is 1. The quantitative estimate of drug-likeness (QED) is 0.771. The molecule has 2 rings (SSSR count). The van der Waals surface area contributed by atoms with Crippen LogP contribution in [-0.2, 0) is 11.2 Å². The Balaban J connectivity index is 2.59. The molecule has 0 bridgehead atoms. The van der Waals surface area contributed by atoms with Crippen LogP contribution in [-0.4, -0.2) is 18.1 Å². The lowest BCUT2D eigenvalue weighted by atomic mass is 10.0. The summed E-state index contributed by atoms with van der Waals surface area (Å²) in [6.45, 7) is 0. The predicted octanol–water partition coefficient (Wildman–Crippen LogP) is 2.06. The van der Waals surface area contributed by atoms with Gasteiger partial charge in [-0.3, -0.25) is 4.79 Å². The zero-order valence-corrected chi connectivity index (χ0v) is 9.34. The molecule has 1 aromatic carbocycles. The van der Waals surface area contributed by atoms with E-state index in [1.165, 1.54) is 0 Å². The number of phenolic OH excluding ortho intramolecular Hbond substituents is 1. The van der Waals surface area contributed by atoms with Gasteiger partial charge in [-0.2, -0.15) is 0 Å². The molecule has 0 unspecified atom stereocenters. The van der Waals surface area contributed by atoms with E-state index < -0.39 is 0 Å². The molecule has 14 heavy (non-hydrogen) atoms. The summed E-state index contributed by atoms with van der Waals surface area (Å²) in [6.07, 6.45) is 1.08. The number of phenols is 1. The van der Waals surface area contributed by atoms with Gasteiger partial charge in [-0.15, -0.1) is 0 Å². The van der Waals surface area contributed by atoms with Gasteiger partial charge in [-0.05, 0) is 34.5 Å². The Labute approximate surface area is 90.5 Å². The van der Waals surface area contributed by atoms with Gasteiger partial charge in [0.1, 0.15) is 5.75 Å². The molecule has 1 heterocycles. The molecule has 1 amide bonds. The molecule has 74 valence electrons. The Hall–Kier alpha value is -1.03. The third-order valence-electron chi connectivity index (χ3n) is 2.53. The van der Waals surface area contributed by atoms with Crippen molar-refractivity contribution in [2.45, 2.75) is 12.8 Å². The van der Waals surface area contributed by atoms with Crippen LogP contribution < -0.4 is 4.90 Å². The van der Waals surface area contributed by atoms with Crippen molar-refractivity contribution in [2.75, 3.05) is 11.9 Å². The zero-order chi connectivity index (χ0) is 10.3. The average Bonchev–Trinajstić information content (AvgIpc) is 2.17. The van der Waals surface area contributed by atoms with Crippen LogP contribution in [0.3, 0.4) is 0 Å². The van der Waals surface area contributed by atoms with E-state index >= 15 is 0 Å². The smallest absolute Gasteiger partial charge is 0.227 e. The minimum Gasteiger partial charge on any atom is -0.506 e. The van der Waals surface area contributed by atoms with E-state index in [0.717, 1.165) is 11.3 Å². The minimum absolute atomic E-state index is 0.0965. The SMILES string of the molecule is CN1C(=O)CCc2c1ccc(Br)c2O. The van der Waals surface area contributed by atoms with Crippen LogP contribution >= 0.6 is 15.9 Å². The second-order valence-corrected chi connectivity index (χ2v) is 4.20. The van der Waals surface area contributed by atoms with Crippen LogP contribution in [0.1, 0.15) is 12.0 Å². The zero-order valence-electron chi connectivity index (χ0n) is 7.75. The first kappa shape index (κ1) is 9.52. The van der Waals surface area contributed by atoms with Gasteiger partial charge in [0.05, 0.1) is 10.2 Å². The highest BCUT2D eigenvalue weighted by molar-refractivity contribution is 9.10. The summed E-state index contributed by atoms with van der Waals surface area (Å²) in [4.78, 5) is 13.0. The van der Waals surface area contributed by atoms with Gasteiger partial charge >= 0.3 is 0 Å². The first-order valence-corrected chi connectivity index (χ1v) is 5.17. The van der Waals surface area contributed by atoms with Crippen molar-refractivity contribution in [3.8, 4) is 5.75 Å². The molecule has 0 aliphatic carbocycles. The van der Waals surface area contributed by atoms with Crippen molar-refractivity contribution in [1.82, 2.24) is 0 Å². The molecule has 1 aromatic rings. The number of anilines is 1. The molecule has 0 saturated carbocycles. The molecule has 1 N–H and O–H groups in total. The molecule has 0 radical (unpaired) electrons. The number of halogens is 1. The predicted molar refractivity (Wildman–Crippen MR) is 57.5 cm³/mol. The van der Waals surface area contributed by atoms with E-state index in [2.05, 4.69) is 15.9 Å². The summed E-state index contributed by atoms with van der Waals surface area (Å²) in [5, 5.41) is 9.76. The Morgan fingerprint density at radius 2 is 2.14 bits per heavy atom. The van der Waals surface area contributed by atoms with Crippen LogP contribution in [0.25, 0.3) is 0 Å². The van der Waals surface area contributed by atoms with E-state index in [4.69, 9.17) is 0 Å². The summed E-state index contributed by atoms with van der Waals surface area (Å²) in [6, 6.07) is 3.60. The van der Waals surface area contributed by atoms with Crippen molar-refractivity contribution in [1.29, 1.82) is 0 Å². The van der Waals surface area contributed by atoms with Crippen molar-refractivity contribution in [2.24, 2.45) is 0 Å². The number of rotatable bonds is 0. The highest BCUT2D eigenvalue weighted by atomic mass is 79.9. The standard InChI is InChI=1S/C10H10BrNO2/c1-12-8-4-3-7(11)10(14)6(8)2-5-9(12)13/h3-4,14H,2,5H2,1H3. The van der Waals surface area contributed by atoms with E-state index in [9.17, 15) is 9.90 Å². The molecule has 0 spiro atoms. The van der Waals surface area contributed by atoms with Gasteiger partial charge in [0, 0.05) is 19.0 Å². The third-order valence-corrected chi connectivity index (χ3v) is 3.17. The Kier molecular flexibility index (Phi) is 2.23. The lowest BCUT2D eigenvalue weighted by Crippen LogP contribution is -2.31. The molecule has 0 aromatic heterocycles. The molecular weight excluding hydrogens is 246 g/mol. The average molecular weight is 256 g/mol. The van der Waals surface area contributed by atoms with Gasteiger partial charge < -0.3 is 10.0 Å². The number of benzene rings is 1. The molecule has 4 heteroatoms. The lowest BCUT2D eigenvalue weighted by Gasteiger charge is -2.26. The van der Waals surface area contributed by atoms with Crippen molar-refractivity contribution >= 4 is 27.5 Å². The monoisotopic (exact) mass is 255 g/mol. The van der Waals surface area contributed by atoms with Crippen LogP contribution in [0, 0.1) is 0 Å². The molecule has 0 fully saturated rings. The van der Waals surface area contributed by atoms with E-state index in [0.29, 0.717) is 17.3 Å². The summed E-state index contributed by atoms with van der Waals surface area (Å²) >= 11 is 3.26. The fraction of sp³-hybridized carbons (Fsp3) is 0.300. The Morgan fingerprint density at radius 1 is 1.43 bits per heavy atom. The fourth-order valence-electron chi connectivity index (χ4n) is 1.69. The number of carbonyl (C=O) groups excluding carboxylic acids is 1. The number of fused-ring (bicyclic) bond motifs is 1. The normalized spacial score (nSPS) is 15.6. The van der Waals surface area contributed by atoms with Crippen LogP contribution in [0.5, 0.6) is 5.75 Å². The molecule has 1 aliphatic heterocycles. The first-order valence-electron chi connectivity index (χ1n) is 4.38. The maximum absolute atomic E-state index is 11.4. The summed E-state index contributed by atoms with van der Waals surface area (Å²) in [5.41, 5.74) is 1.66. The highest BCUT2D eigenvalue weighted by Crippen LogP contribution is 2.38. The van der Waals surface area contributed by atoms with E-state index in [1.54, 1.807) is 18.0 Å². The number of hydrogen-bond acceptors (Lipinski definition) is 2. The molecule has 0 atom stereocenters. The topological polar surface area (TPSA) is 40.5 Å². The van der Waals surface area contributed by atoms with E-state index in [-0.39, 0.29) is 11.7 Å². The second kappa shape index (κ2) is 3.28. The van der Waals surface area contributed by atoms with Gasteiger partial charge in [0.25, 0.3) is 0 Å². The lowest BCUT2D eigenvalue weighted by molar-refractivity contribution is -0.118. The van der Waals surface area contributed by atoms with Crippen molar-refractivity contribution in [3.63, 3.8) is 0 Å². The Morgan fingerprint density at radius 3 is 2.86 bits per heavy atom. The fourth-order valence-corrected chi connectivity index (χ4v) is 2.06. The summed E-state index contributed by atoms with van der Waals surface area (Å²) in [5.74, 6) is 0.348. The number of amides is 1. The minimum atomic E-state index is 0.0965. The van der Waals surface area contributed by atoms with Gasteiger partial charge in [0.15, 0.2) is 0 Å². The maximum atomic E-state index is 11.4. The van der Waals surface area contributed by atoms with Crippen LogP contribution in [0.15, 0.2) is 16.6 Å². The van der Waals surface area contributed by atoms with Gasteiger partial charge in [-0.25, -0.2) is 0 Å². The maximum Gasteiger partial charge on any atom is 0.227 e. The molecule has 0 saturated heterocycles. The first-order chi connectivity index (χ1) is 6.61. The summed E-state index contributed by atoms with van der Waals surface area (Å²) in [7, 11) is 1.73. The van der Waals surface area contributed by atoms with Crippen molar-refractivity contribution in [3.05, 3.63) is 22.2 Å².